The fraction of sp³-hybridized carbons (Fsp3) is 0.312. The van der Waals surface area contributed by atoms with Gasteiger partial charge in [0, 0.05) is 25.3 Å². The quantitative estimate of drug-likeness (QED) is 0.756. The second-order valence-electron chi connectivity index (χ2n) is 5.75. The number of hydrogen-bond acceptors (Lipinski definition) is 7. The number of pyridine rings is 1. The number of aromatic nitrogens is 5. The molecule has 0 bridgehead atoms. The van der Waals surface area contributed by atoms with Crippen LogP contribution in [0.5, 0.6) is 0 Å². The summed E-state index contributed by atoms with van der Waals surface area (Å²) in [6.45, 7) is 1.82. The number of nitrogens with one attached hydrogen (secondary N) is 2. The predicted octanol–water partition coefficient (Wildman–Crippen LogP) is 1.70. The summed E-state index contributed by atoms with van der Waals surface area (Å²) in [6, 6.07) is 6.16. The van der Waals surface area contributed by atoms with Gasteiger partial charge in [0.1, 0.15) is 23.7 Å². The van der Waals surface area contributed by atoms with Gasteiger partial charge in [-0.2, -0.15) is 5.26 Å². The van der Waals surface area contributed by atoms with Gasteiger partial charge in [-0.1, -0.05) is 0 Å². The maximum Gasteiger partial charge on any atom is 0.182 e. The van der Waals surface area contributed by atoms with E-state index in [2.05, 4.69) is 41.2 Å². The lowest BCUT2D eigenvalue weighted by Crippen LogP contribution is -2.39. The minimum Gasteiger partial charge on any atom is -0.365 e. The van der Waals surface area contributed by atoms with Crippen LogP contribution < -0.4 is 10.2 Å². The summed E-state index contributed by atoms with van der Waals surface area (Å²) >= 11 is 0. The molecular weight excluding hydrogens is 304 g/mol. The van der Waals surface area contributed by atoms with Gasteiger partial charge in [-0.25, -0.2) is 19.9 Å². The number of aromatic amines is 1. The Hall–Kier alpha value is -3.21. The van der Waals surface area contributed by atoms with Gasteiger partial charge in [0.2, 0.25) is 0 Å². The van der Waals surface area contributed by atoms with Crippen LogP contribution in [0.25, 0.3) is 11.2 Å². The van der Waals surface area contributed by atoms with Crippen molar-refractivity contribution in [3.8, 4) is 6.07 Å². The Morgan fingerprint density at radius 2 is 2.04 bits per heavy atom. The Labute approximate surface area is 138 Å². The second-order valence-corrected chi connectivity index (χ2v) is 5.75. The summed E-state index contributed by atoms with van der Waals surface area (Å²) < 4.78 is 0. The molecule has 1 aliphatic rings. The number of piperidine rings is 1. The third-order valence-corrected chi connectivity index (χ3v) is 4.26. The van der Waals surface area contributed by atoms with E-state index < -0.39 is 0 Å². The van der Waals surface area contributed by atoms with E-state index in [1.54, 1.807) is 12.5 Å². The maximum atomic E-state index is 8.84. The molecule has 0 aliphatic carbocycles. The number of hydrogen-bond donors (Lipinski definition) is 2. The maximum absolute atomic E-state index is 8.84. The highest BCUT2D eigenvalue weighted by molar-refractivity contribution is 5.82. The van der Waals surface area contributed by atoms with Gasteiger partial charge >= 0.3 is 0 Å². The molecule has 24 heavy (non-hydrogen) atoms. The first-order chi connectivity index (χ1) is 11.8. The first-order valence-electron chi connectivity index (χ1n) is 7.85. The van der Waals surface area contributed by atoms with Crippen LogP contribution in [0.3, 0.4) is 0 Å². The van der Waals surface area contributed by atoms with Crippen molar-refractivity contribution in [1.82, 2.24) is 24.9 Å². The largest absolute Gasteiger partial charge is 0.365 e. The normalized spacial score (nSPS) is 15.4. The average molecular weight is 320 g/mol. The predicted molar refractivity (Wildman–Crippen MR) is 89.5 cm³/mol. The molecule has 120 valence electrons. The molecular formula is C16H16N8. The fourth-order valence-corrected chi connectivity index (χ4v) is 2.96. The summed E-state index contributed by atoms with van der Waals surface area (Å²) in [5.74, 6) is 1.72. The number of anilines is 2. The zero-order valence-corrected chi connectivity index (χ0v) is 13.0. The lowest BCUT2D eigenvalue weighted by Gasteiger charge is -2.33. The van der Waals surface area contributed by atoms with Crippen molar-refractivity contribution in [2.24, 2.45) is 0 Å². The number of fused-ring (bicyclic) bond motifs is 1. The van der Waals surface area contributed by atoms with Gasteiger partial charge in [-0.3, -0.25) is 0 Å². The van der Waals surface area contributed by atoms with Crippen molar-refractivity contribution >= 4 is 22.8 Å². The Kier molecular flexibility index (Phi) is 3.67. The Balaban J connectivity index is 1.41. The Bertz CT molecular complexity index is 871. The molecule has 0 unspecified atom stereocenters. The highest BCUT2D eigenvalue weighted by atomic mass is 15.2. The van der Waals surface area contributed by atoms with E-state index >= 15 is 0 Å². The third kappa shape index (κ3) is 2.72. The molecule has 0 radical (unpaired) electrons. The number of H-pyrrole nitrogens is 1. The van der Waals surface area contributed by atoms with Gasteiger partial charge in [-0.05, 0) is 25.0 Å². The van der Waals surface area contributed by atoms with Crippen LogP contribution in [0.1, 0.15) is 18.4 Å². The summed E-state index contributed by atoms with van der Waals surface area (Å²) in [5.41, 5.74) is 2.10. The highest BCUT2D eigenvalue weighted by Crippen LogP contribution is 2.22. The van der Waals surface area contributed by atoms with Crippen molar-refractivity contribution in [3.05, 3.63) is 36.5 Å². The standard InChI is InChI=1S/C16H16N8/c17-7-11-1-2-13(18-8-11)24-5-3-12(4-6-24)23-16-14-15(20-9-19-14)21-10-22-16/h1-2,8-10,12H,3-6H2,(H2,19,20,21,22,23). The fourth-order valence-electron chi connectivity index (χ4n) is 2.96. The van der Waals surface area contributed by atoms with Crippen LogP contribution in [-0.2, 0) is 0 Å². The van der Waals surface area contributed by atoms with E-state index in [-0.39, 0.29) is 0 Å². The lowest BCUT2D eigenvalue weighted by molar-refractivity contribution is 0.522. The Morgan fingerprint density at radius 3 is 2.79 bits per heavy atom. The van der Waals surface area contributed by atoms with E-state index in [0.29, 0.717) is 17.3 Å². The molecule has 4 heterocycles. The molecule has 2 N–H and O–H groups in total. The molecule has 3 aromatic rings. The number of nitriles is 1. The molecule has 8 heteroatoms. The van der Waals surface area contributed by atoms with Gasteiger partial charge < -0.3 is 15.2 Å². The summed E-state index contributed by atoms with van der Waals surface area (Å²) in [4.78, 5) is 22.3. The van der Waals surface area contributed by atoms with E-state index in [1.807, 2.05) is 12.1 Å². The zero-order chi connectivity index (χ0) is 16.4. The minimum atomic E-state index is 0.348. The molecule has 3 aromatic heterocycles. The van der Waals surface area contributed by atoms with E-state index in [4.69, 9.17) is 5.26 Å². The van der Waals surface area contributed by atoms with Crippen LogP contribution in [0.15, 0.2) is 31.0 Å². The smallest absolute Gasteiger partial charge is 0.182 e. The van der Waals surface area contributed by atoms with Crippen molar-refractivity contribution < 1.29 is 0 Å². The van der Waals surface area contributed by atoms with Crippen molar-refractivity contribution in [2.45, 2.75) is 18.9 Å². The molecule has 1 fully saturated rings. The van der Waals surface area contributed by atoms with E-state index in [0.717, 1.165) is 43.1 Å². The van der Waals surface area contributed by atoms with Crippen molar-refractivity contribution in [3.63, 3.8) is 0 Å². The topological polar surface area (TPSA) is 106 Å². The van der Waals surface area contributed by atoms with Crippen molar-refractivity contribution in [1.29, 1.82) is 5.26 Å². The molecule has 1 saturated heterocycles. The Morgan fingerprint density at radius 1 is 1.17 bits per heavy atom. The first kappa shape index (κ1) is 14.4. The molecule has 0 atom stereocenters. The van der Waals surface area contributed by atoms with Crippen LogP contribution in [-0.4, -0.2) is 44.1 Å². The second kappa shape index (κ2) is 6.12. The van der Waals surface area contributed by atoms with Crippen LogP contribution in [0, 0.1) is 11.3 Å². The summed E-state index contributed by atoms with van der Waals surface area (Å²) in [5, 5.41) is 12.3. The van der Waals surface area contributed by atoms with E-state index in [9.17, 15) is 0 Å². The molecule has 0 amide bonds. The molecule has 0 spiro atoms. The summed E-state index contributed by atoms with van der Waals surface area (Å²) in [6.07, 6.45) is 6.75. The van der Waals surface area contributed by atoms with Crippen LogP contribution in [0.4, 0.5) is 11.6 Å². The molecule has 1 aliphatic heterocycles. The van der Waals surface area contributed by atoms with Gasteiger partial charge in [-0.15, -0.1) is 0 Å². The minimum absolute atomic E-state index is 0.348. The van der Waals surface area contributed by atoms with Crippen LogP contribution >= 0.6 is 0 Å². The number of nitrogens with zero attached hydrogens (tertiary/aromatic N) is 6. The monoisotopic (exact) mass is 320 g/mol. The third-order valence-electron chi connectivity index (χ3n) is 4.26. The SMILES string of the molecule is N#Cc1ccc(N2CCC(Nc3ncnc4nc[nH]c34)CC2)nc1. The van der Waals surface area contributed by atoms with Crippen molar-refractivity contribution in [2.75, 3.05) is 23.3 Å². The van der Waals surface area contributed by atoms with Crippen LogP contribution in [0.2, 0.25) is 0 Å². The average Bonchev–Trinajstić information content (AvgIpc) is 3.12. The number of imidazole rings is 1. The van der Waals surface area contributed by atoms with Gasteiger partial charge in [0.25, 0.3) is 0 Å². The van der Waals surface area contributed by atoms with E-state index in [1.165, 1.54) is 6.33 Å². The van der Waals surface area contributed by atoms with Gasteiger partial charge in [0.15, 0.2) is 11.5 Å². The lowest BCUT2D eigenvalue weighted by atomic mass is 10.0. The number of rotatable bonds is 3. The molecule has 0 saturated carbocycles. The zero-order valence-electron chi connectivity index (χ0n) is 13.0. The molecule has 4 rings (SSSR count). The molecule has 8 nitrogen and oxygen atoms in total. The summed E-state index contributed by atoms with van der Waals surface area (Å²) in [7, 11) is 0. The molecule has 0 aromatic carbocycles. The first-order valence-corrected chi connectivity index (χ1v) is 7.85. The van der Waals surface area contributed by atoms with Gasteiger partial charge in [0.05, 0.1) is 11.9 Å². The highest BCUT2D eigenvalue weighted by Gasteiger charge is 2.21.